The Morgan fingerprint density at radius 2 is 2.42 bits per heavy atom. The topological polar surface area (TPSA) is 82.7 Å². The molecular formula is C13H20N4O2. The van der Waals surface area contributed by atoms with Crippen LogP contribution in [0.15, 0.2) is 12.3 Å². The van der Waals surface area contributed by atoms with E-state index in [4.69, 9.17) is 5.73 Å². The van der Waals surface area contributed by atoms with Crippen LogP contribution in [-0.4, -0.2) is 54.2 Å². The maximum atomic E-state index is 11.2. The van der Waals surface area contributed by atoms with Crippen LogP contribution in [0.2, 0.25) is 0 Å². The zero-order valence-electron chi connectivity index (χ0n) is 11.3. The van der Waals surface area contributed by atoms with Crippen molar-refractivity contribution in [2.75, 3.05) is 37.8 Å². The summed E-state index contributed by atoms with van der Waals surface area (Å²) < 4.78 is 0. The molecule has 0 aliphatic carbocycles. The maximum Gasteiger partial charge on any atom is 0.339 e. The van der Waals surface area contributed by atoms with Crippen molar-refractivity contribution in [1.29, 1.82) is 0 Å². The lowest BCUT2D eigenvalue weighted by Crippen LogP contribution is -2.37. The highest BCUT2D eigenvalue weighted by Gasteiger charge is 2.24. The van der Waals surface area contributed by atoms with Gasteiger partial charge in [-0.15, -0.1) is 0 Å². The Labute approximate surface area is 112 Å². The lowest BCUT2D eigenvalue weighted by atomic mass is 10.2. The molecule has 0 saturated carbocycles. The summed E-state index contributed by atoms with van der Waals surface area (Å²) in [6.07, 6.45) is 3.82. The van der Waals surface area contributed by atoms with Crippen LogP contribution in [0.1, 0.15) is 23.2 Å². The van der Waals surface area contributed by atoms with Gasteiger partial charge in [0, 0.05) is 19.6 Å². The minimum atomic E-state index is -0.999. The van der Waals surface area contributed by atoms with E-state index in [2.05, 4.69) is 16.9 Å². The Morgan fingerprint density at radius 3 is 3.00 bits per heavy atom. The predicted octanol–water partition coefficient (Wildman–Crippen LogP) is 0.892. The van der Waals surface area contributed by atoms with Gasteiger partial charge in [-0.3, -0.25) is 0 Å². The minimum Gasteiger partial charge on any atom is -0.478 e. The standard InChI is InChI=1S/C13H20N4O2/c1-16-5-3-4-10(16)8-17(2)12-11(13(18)19)6-9(14)7-15-12/h6-7,10H,3-5,8,14H2,1-2H3,(H,18,19). The van der Waals surface area contributed by atoms with Gasteiger partial charge in [0.05, 0.1) is 11.9 Å². The number of aromatic carboxylic acids is 1. The molecule has 1 aliphatic heterocycles. The Bertz CT molecular complexity index is 478. The summed E-state index contributed by atoms with van der Waals surface area (Å²) in [5.41, 5.74) is 6.12. The molecule has 1 aromatic rings. The molecule has 104 valence electrons. The number of nitrogens with two attached hydrogens (primary N) is 1. The Morgan fingerprint density at radius 1 is 1.68 bits per heavy atom. The molecule has 0 radical (unpaired) electrons. The maximum absolute atomic E-state index is 11.2. The second-order valence-corrected chi connectivity index (χ2v) is 5.10. The molecule has 2 heterocycles. The number of nitrogen functional groups attached to an aromatic ring is 1. The van der Waals surface area contributed by atoms with Gasteiger partial charge in [0.15, 0.2) is 0 Å². The zero-order chi connectivity index (χ0) is 14.0. The molecule has 3 N–H and O–H groups in total. The van der Waals surface area contributed by atoms with Crippen LogP contribution in [0.3, 0.4) is 0 Å². The fraction of sp³-hybridized carbons (Fsp3) is 0.538. The minimum absolute atomic E-state index is 0.156. The van der Waals surface area contributed by atoms with Crippen molar-refractivity contribution in [3.8, 4) is 0 Å². The third-order valence-corrected chi connectivity index (χ3v) is 3.64. The van der Waals surface area contributed by atoms with Gasteiger partial charge in [-0.2, -0.15) is 0 Å². The number of hydrogen-bond donors (Lipinski definition) is 2. The quantitative estimate of drug-likeness (QED) is 0.840. The first kappa shape index (κ1) is 13.6. The molecule has 2 rings (SSSR count). The highest BCUT2D eigenvalue weighted by Crippen LogP contribution is 2.22. The monoisotopic (exact) mass is 264 g/mol. The predicted molar refractivity (Wildman–Crippen MR) is 74.5 cm³/mol. The van der Waals surface area contributed by atoms with Crippen molar-refractivity contribution in [1.82, 2.24) is 9.88 Å². The Hall–Kier alpha value is -1.82. The highest BCUT2D eigenvalue weighted by atomic mass is 16.4. The molecule has 1 fully saturated rings. The van der Waals surface area contributed by atoms with Crippen LogP contribution < -0.4 is 10.6 Å². The third kappa shape index (κ3) is 2.96. The summed E-state index contributed by atoms with van der Waals surface area (Å²) in [4.78, 5) is 19.6. The molecule has 1 unspecified atom stereocenters. The Balaban J connectivity index is 2.18. The molecule has 6 nitrogen and oxygen atoms in total. The number of aromatic nitrogens is 1. The van der Waals surface area contributed by atoms with E-state index < -0.39 is 5.97 Å². The molecule has 0 spiro atoms. The van der Waals surface area contributed by atoms with E-state index in [1.165, 1.54) is 18.7 Å². The van der Waals surface area contributed by atoms with E-state index in [1.54, 1.807) is 0 Å². The molecule has 19 heavy (non-hydrogen) atoms. The number of carboxylic acids is 1. The van der Waals surface area contributed by atoms with Crippen LogP contribution in [0.25, 0.3) is 0 Å². The molecule has 0 aromatic carbocycles. The average molecular weight is 264 g/mol. The molecule has 1 aromatic heterocycles. The molecule has 1 aliphatic rings. The number of carbonyl (C=O) groups is 1. The molecule has 0 amide bonds. The highest BCUT2D eigenvalue weighted by molar-refractivity contribution is 5.94. The largest absolute Gasteiger partial charge is 0.478 e. The van der Waals surface area contributed by atoms with Crippen LogP contribution in [0, 0.1) is 0 Å². The summed E-state index contributed by atoms with van der Waals surface area (Å²) in [5, 5.41) is 9.22. The van der Waals surface area contributed by atoms with Gasteiger partial charge in [-0.05, 0) is 32.5 Å². The number of pyridine rings is 1. The van der Waals surface area contributed by atoms with Crippen molar-refractivity contribution >= 4 is 17.5 Å². The van der Waals surface area contributed by atoms with Gasteiger partial charge in [-0.25, -0.2) is 9.78 Å². The summed E-state index contributed by atoms with van der Waals surface area (Å²) in [7, 11) is 3.97. The second-order valence-electron chi connectivity index (χ2n) is 5.10. The number of likely N-dealkylation sites (tertiary alicyclic amines) is 1. The summed E-state index contributed by atoms with van der Waals surface area (Å²) >= 11 is 0. The summed E-state index contributed by atoms with van der Waals surface area (Å²) in [6.45, 7) is 1.87. The van der Waals surface area contributed by atoms with Crippen molar-refractivity contribution in [2.45, 2.75) is 18.9 Å². The van der Waals surface area contributed by atoms with Crippen molar-refractivity contribution in [3.05, 3.63) is 17.8 Å². The third-order valence-electron chi connectivity index (χ3n) is 3.64. The lowest BCUT2D eigenvalue weighted by Gasteiger charge is -2.27. The van der Waals surface area contributed by atoms with Gasteiger partial charge >= 0.3 is 5.97 Å². The number of hydrogen-bond acceptors (Lipinski definition) is 5. The first-order valence-corrected chi connectivity index (χ1v) is 6.39. The van der Waals surface area contributed by atoms with E-state index >= 15 is 0 Å². The van der Waals surface area contributed by atoms with Gasteiger partial charge in [0.25, 0.3) is 0 Å². The number of nitrogens with zero attached hydrogens (tertiary/aromatic N) is 3. The number of rotatable bonds is 4. The van der Waals surface area contributed by atoms with Gasteiger partial charge in [-0.1, -0.05) is 0 Å². The van der Waals surface area contributed by atoms with E-state index in [1.807, 2.05) is 11.9 Å². The molecule has 0 bridgehead atoms. The summed E-state index contributed by atoms with van der Waals surface area (Å²) in [5.74, 6) is -0.525. The van der Waals surface area contributed by atoms with Crippen LogP contribution in [0.5, 0.6) is 0 Å². The van der Waals surface area contributed by atoms with Gasteiger partial charge in [0.1, 0.15) is 11.4 Å². The van der Waals surface area contributed by atoms with Crippen LogP contribution in [-0.2, 0) is 0 Å². The molecule has 1 saturated heterocycles. The summed E-state index contributed by atoms with van der Waals surface area (Å²) in [6, 6.07) is 1.91. The average Bonchev–Trinajstić information content (AvgIpc) is 2.74. The normalized spacial score (nSPS) is 19.6. The van der Waals surface area contributed by atoms with Crippen LogP contribution in [0.4, 0.5) is 11.5 Å². The Kier molecular flexibility index (Phi) is 3.90. The number of carboxylic acid groups (broad SMARTS) is 1. The van der Waals surface area contributed by atoms with Crippen molar-refractivity contribution in [2.24, 2.45) is 0 Å². The van der Waals surface area contributed by atoms with E-state index in [0.717, 1.165) is 19.5 Å². The number of likely N-dealkylation sites (N-methyl/N-ethyl adjacent to an activating group) is 2. The van der Waals surface area contributed by atoms with Crippen molar-refractivity contribution in [3.63, 3.8) is 0 Å². The van der Waals surface area contributed by atoms with E-state index in [9.17, 15) is 9.90 Å². The lowest BCUT2D eigenvalue weighted by molar-refractivity contribution is 0.0697. The van der Waals surface area contributed by atoms with E-state index in [0.29, 0.717) is 17.5 Å². The molecule has 6 heteroatoms. The number of anilines is 2. The second kappa shape index (κ2) is 5.44. The van der Waals surface area contributed by atoms with E-state index in [-0.39, 0.29) is 5.56 Å². The molecular weight excluding hydrogens is 244 g/mol. The fourth-order valence-electron chi connectivity index (χ4n) is 2.55. The van der Waals surface area contributed by atoms with Gasteiger partial charge in [0.2, 0.25) is 0 Å². The fourth-order valence-corrected chi connectivity index (χ4v) is 2.55. The van der Waals surface area contributed by atoms with Gasteiger partial charge < -0.3 is 20.6 Å². The zero-order valence-corrected chi connectivity index (χ0v) is 11.3. The molecule has 1 atom stereocenters. The first-order valence-electron chi connectivity index (χ1n) is 6.39. The van der Waals surface area contributed by atoms with Crippen LogP contribution >= 0.6 is 0 Å². The van der Waals surface area contributed by atoms with Crippen molar-refractivity contribution < 1.29 is 9.90 Å². The first-order chi connectivity index (χ1) is 8.99. The SMILES string of the molecule is CN(CC1CCCN1C)c1ncc(N)cc1C(=O)O. The smallest absolute Gasteiger partial charge is 0.339 e.